The van der Waals surface area contributed by atoms with E-state index < -0.39 is 8.80 Å². The van der Waals surface area contributed by atoms with Gasteiger partial charge in [0.15, 0.2) is 0 Å². The van der Waals surface area contributed by atoms with Gasteiger partial charge in [-0.15, -0.1) is 0 Å². The fourth-order valence-corrected chi connectivity index (χ4v) is 6.45. The number of rotatable bonds is 4. The summed E-state index contributed by atoms with van der Waals surface area (Å²) in [5.41, 5.74) is 3.44. The van der Waals surface area contributed by atoms with Crippen LogP contribution in [0.2, 0.25) is 11.1 Å². The monoisotopic (exact) mass is 270 g/mol. The van der Waals surface area contributed by atoms with Crippen molar-refractivity contribution >= 4 is 14.0 Å². The highest BCUT2D eigenvalue weighted by molar-refractivity contribution is 6.75. The summed E-state index contributed by atoms with van der Waals surface area (Å²) < 4.78 is 0. The number of pyridine rings is 2. The van der Waals surface area contributed by atoms with Crippen LogP contribution in [0.25, 0.3) is 11.4 Å². The van der Waals surface area contributed by atoms with Gasteiger partial charge in [0.1, 0.15) is 0 Å². The normalized spacial score (nSPS) is 11.5. The highest BCUT2D eigenvalue weighted by atomic mass is 28.3. The van der Waals surface area contributed by atoms with Crippen molar-refractivity contribution in [3.8, 4) is 11.4 Å². The van der Waals surface area contributed by atoms with Crippen molar-refractivity contribution in [1.82, 2.24) is 9.97 Å². The smallest absolute Gasteiger partial charge is 0.0886 e. The predicted octanol–water partition coefficient (Wildman–Crippen LogP) is 3.40. The van der Waals surface area contributed by atoms with E-state index >= 15 is 0 Å². The van der Waals surface area contributed by atoms with Gasteiger partial charge in [0.05, 0.1) is 20.2 Å². The number of hydrogen-bond donors (Lipinski definition) is 0. The highest BCUT2D eigenvalue weighted by Crippen LogP contribution is 2.20. The van der Waals surface area contributed by atoms with Gasteiger partial charge in [0, 0.05) is 12.4 Å². The maximum atomic E-state index is 4.61. The Labute approximate surface area is 117 Å². The van der Waals surface area contributed by atoms with E-state index in [1.165, 1.54) is 5.19 Å². The first kappa shape index (κ1) is 13.9. The zero-order valence-corrected chi connectivity index (χ0v) is 13.3. The Kier molecular flexibility index (Phi) is 4.48. The van der Waals surface area contributed by atoms with Gasteiger partial charge in [-0.05, 0) is 34.5 Å². The minimum Gasteiger partial charge on any atom is -0.255 e. The third kappa shape index (κ3) is 3.29. The summed E-state index contributed by atoms with van der Waals surface area (Å²) >= 11 is 0. The molecular formula is C16H22N2Si. The van der Waals surface area contributed by atoms with Crippen LogP contribution in [0, 0.1) is 0 Å². The average molecular weight is 270 g/mol. The summed E-state index contributed by atoms with van der Waals surface area (Å²) in [6, 6.07) is 10.3. The summed E-state index contributed by atoms with van der Waals surface area (Å²) in [7, 11) is -0.936. The van der Waals surface area contributed by atoms with Crippen LogP contribution < -0.4 is 5.19 Å². The molecule has 0 atom stereocenters. The molecule has 0 bridgehead atoms. The van der Waals surface area contributed by atoms with E-state index in [0.717, 1.165) is 22.5 Å². The van der Waals surface area contributed by atoms with Gasteiger partial charge in [-0.1, -0.05) is 39.8 Å². The standard InChI is InChI=1S/C16H22N2Si/c1-12(2)19(13(3)4)14-8-9-16(18-11-14)15-7-5-6-10-17-15/h5-13,19H,1-4H3. The van der Waals surface area contributed by atoms with Crippen molar-refractivity contribution in [1.29, 1.82) is 0 Å². The van der Waals surface area contributed by atoms with E-state index in [-0.39, 0.29) is 0 Å². The third-order valence-corrected chi connectivity index (χ3v) is 7.52. The Balaban J connectivity index is 2.28. The summed E-state index contributed by atoms with van der Waals surface area (Å²) in [5, 5.41) is 1.46. The summed E-state index contributed by atoms with van der Waals surface area (Å²) in [4.78, 5) is 8.95. The Morgan fingerprint density at radius 2 is 1.53 bits per heavy atom. The van der Waals surface area contributed by atoms with Crippen LogP contribution in [0.3, 0.4) is 0 Å². The molecule has 2 nitrogen and oxygen atoms in total. The van der Waals surface area contributed by atoms with Gasteiger partial charge < -0.3 is 0 Å². The molecule has 0 N–H and O–H groups in total. The van der Waals surface area contributed by atoms with Crippen molar-refractivity contribution in [3.05, 3.63) is 42.7 Å². The lowest BCUT2D eigenvalue weighted by Gasteiger charge is -2.23. The average Bonchev–Trinajstić information content (AvgIpc) is 2.40. The molecule has 0 spiro atoms. The van der Waals surface area contributed by atoms with E-state index in [2.05, 4.69) is 56.0 Å². The second-order valence-corrected chi connectivity index (χ2v) is 10.1. The van der Waals surface area contributed by atoms with Crippen molar-refractivity contribution in [2.24, 2.45) is 0 Å². The number of hydrogen-bond acceptors (Lipinski definition) is 2. The summed E-state index contributed by atoms with van der Waals surface area (Å²) in [6.07, 6.45) is 3.88. The molecule has 2 aromatic heterocycles. The molecule has 0 unspecified atom stereocenters. The quantitative estimate of drug-likeness (QED) is 0.796. The minimum absolute atomic E-state index is 0.766. The third-order valence-electron chi connectivity index (χ3n) is 3.54. The second-order valence-electron chi connectivity index (χ2n) is 5.71. The van der Waals surface area contributed by atoms with Crippen LogP contribution in [0.4, 0.5) is 0 Å². The van der Waals surface area contributed by atoms with E-state index in [4.69, 9.17) is 0 Å². The zero-order chi connectivity index (χ0) is 13.8. The predicted molar refractivity (Wildman–Crippen MR) is 84.4 cm³/mol. The van der Waals surface area contributed by atoms with Crippen LogP contribution in [0.5, 0.6) is 0 Å². The lowest BCUT2D eigenvalue weighted by Crippen LogP contribution is -2.36. The maximum absolute atomic E-state index is 4.61. The molecule has 0 aliphatic heterocycles. The molecule has 2 aromatic rings. The molecule has 0 amide bonds. The lowest BCUT2D eigenvalue weighted by molar-refractivity contribution is 0.950. The van der Waals surface area contributed by atoms with Gasteiger partial charge in [0.25, 0.3) is 0 Å². The first-order chi connectivity index (χ1) is 9.09. The van der Waals surface area contributed by atoms with Crippen molar-refractivity contribution in [2.45, 2.75) is 38.8 Å². The van der Waals surface area contributed by atoms with Gasteiger partial charge in [-0.3, -0.25) is 9.97 Å². The Hall–Kier alpha value is -1.48. The molecule has 0 aromatic carbocycles. The van der Waals surface area contributed by atoms with E-state index in [0.29, 0.717) is 0 Å². The van der Waals surface area contributed by atoms with E-state index in [1.807, 2.05) is 24.4 Å². The molecule has 2 heterocycles. The first-order valence-electron chi connectivity index (χ1n) is 6.97. The summed E-state index contributed by atoms with van der Waals surface area (Å²) in [6.45, 7) is 9.35. The second kappa shape index (κ2) is 6.11. The molecule has 2 rings (SSSR count). The lowest BCUT2D eigenvalue weighted by atomic mass is 10.2. The van der Waals surface area contributed by atoms with Crippen molar-refractivity contribution < 1.29 is 0 Å². The number of nitrogens with zero attached hydrogens (tertiary/aromatic N) is 2. The summed E-state index contributed by atoms with van der Waals surface area (Å²) in [5.74, 6) is 0. The molecule has 0 aliphatic carbocycles. The zero-order valence-electron chi connectivity index (χ0n) is 12.2. The van der Waals surface area contributed by atoms with E-state index in [9.17, 15) is 0 Å². The fraction of sp³-hybridized carbons (Fsp3) is 0.375. The molecule has 100 valence electrons. The van der Waals surface area contributed by atoms with Gasteiger partial charge >= 0.3 is 0 Å². The topological polar surface area (TPSA) is 25.8 Å². The Bertz CT molecular complexity index is 498. The molecule has 0 aliphatic rings. The molecule has 0 saturated carbocycles. The van der Waals surface area contributed by atoms with Gasteiger partial charge in [-0.2, -0.15) is 0 Å². The van der Waals surface area contributed by atoms with Crippen molar-refractivity contribution in [3.63, 3.8) is 0 Å². The van der Waals surface area contributed by atoms with Crippen LogP contribution in [-0.2, 0) is 0 Å². The van der Waals surface area contributed by atoms with Gasteiger partial charge in [0.2, 0.25) is 0 Å². The maximum Gasteiger partial charge on any atom is 0.0886 e. The fourth-order valence-electron chi connectivity index (χ4n) is 2.81. The van der Waals surface area contributed by atoms with Gasteiger partial charge in [-0.25, -0.2) is 0 Å². The molecule has 0 fully saturated rings. The van der Waals surface area contributed by atoms with E-state index in [1.54, 1.807) is 0 Å². The molecule has 0 radical (unpaired) electrons. The van der Waals surface area contributed by atoms with Crippen LogP contribution >= 0.6 is 0 Å². The SMILES string of the molecule is CC(C)[SiH](c1ccc(-c2ccccn2)nc1)C(C)C. The molecular weight excluding hydrogens is 248 g/mol. The molecule has 19 heavy (non-hydrogen) atoms. The van der Waals surface area contributed by atoms with Crippen LogP contribution in [0.1, 0.15) is 27.7 Å². The van der Waals surface area contributed by atoms with Crippen molar-refractivity contribution in [2.75, 3.05) is 0 Å². The minimum atomic E-state index is -0.936. The first-order valence-corrected chi connectivity index (χ1v) is 8.88. The highest BCUT2D eigenvalue weighted by Gasteiger charge is 2.21. The van der Waals surface area contributed by atoms with Crippen LogP contribution in [0.15, 0.2) is 42.7 Å². The largest absolute Gasteiger partial charge is 0.255 e. The number of aromatic nitrogens is 2. The Morgan fingerprint density at radius 1 is 0.842 bits per heavy atom. The molecule has 3 heteroatoms. The molecule has 0 saturated heterocycles. The van der Waals surface area contributed by atoms with Crippen LogP contribution in [-0.4, -0.2) is 18.8 Å². The Morgan fingerprint density at radius 3 is 2.00 bits per heavy atom.